The molecule has 0 unspecified atom stereocenters. The van der Waals surface area contributed by atoms with Crippen LogP contribution in [0.5, 0.6) is 0 Å². The predicted octanol–water partition coefficient (Wildman–Crippen LogP) is 4.47. The van der Waals surface area contributed by atoms with Gasteiger partial charge in [-0.3, -0.25) is 9.20 Å². The molecule has 1 amide bonds. The number of benzene rings is 1. The molecule has 5 heteroatoms. The Balaban J connectivity index is 2.05. The van der Waals surface area contributed by atoms with Gasteiger partial charge in [0.2, 0.25) is 0 Å². The maximum Gasteiger partial charge on any atom is 0.274 e. The van der Waals surface area contributed by atoms with Gasteiger partial charge in [-0.15, -0.1) is 0 Å². The average molecular weight is 328 g/mol. The number of anilines is 1. The van der Waals surface area contributed by atoms with Crippen molar-refractivity contribution < 1.29 is 4.79 Å². The first-order valence-corrected chi connectivity index (χ1v) is 7.78. The number of carbonyl (C=O) groups excluding carboxylic acids is 1. The minimum atomic E-state index is -0.188. The van der Waals surface area contributed by atoms with Crippen LogP contribution in [0, 0.1) is 27.7 Å². The second kappa shape index (κ2) is 5.70. The van der Waals surface area contributed by atoms with Crippen LogP contribution < -0.4 is 5.32 Å². The summed E-state index contributed by atoms with van der Waals surface area (Å²) in [5, 5.41) is 3.58. The van der Waals surface area contributed by atoms with E-state index in [2.05, 4.69) is 22.4 Å². The van der Waals surface area contributed by atoms with Gasteiger partial charge in [0.1, 0.15) is 11.3 Å². The van der Waals surface area contributed by atoms with Crippen LogP contribution in [-0.4, -0.2) is 15.3 Å². The Morgan fingerprint density at radius 2 is 1.78 bits per heavy atom. The molecule has 0 radical (unpaired) electrons. The number of nitrogens with zero attached hydrogens (tertiary/aromatic N) is 2. The second-order valence-electron chi connectivity index (χ2n) is 5.85. The van der Waals surface area contributed by atoms with Crippen LogP contribution in [0.15, 0.2) is 30.5 Å². The Morgan fingerprint density at radius 1 is 1.13 bits per heavy atom. The van der Waals surface area contributed by atoms with Crippen molar-refractivity contribution in [1.29, 1.82) is 0 Å². The van der Waals surface area contributed by atoms with Gasteiger partial charge in [0.25, 0.3) is 5.91 Å². The molecular formula is C18H18ClN3O. The Morgan fingerprint density at radius 3 is 2.43 bits per heavy atom. The zero-order chi connectivity index (χ0) is 16.7. The molecule has 3 aromatic rings. The van der Waals surface area contributed by atoms with Crippen molar-refractivity contribution in [2.75, 3.05) is 5.32 Å². The molecule has 118 valence electrons. The van der Waals surface area contributed by atoms with Gasteiger partial charge in [-0.1, -0.05) is 29.3 Å². The molecule has 0 aliphatic heterocycles. The lowest BCUT2D eigenvalue weighted by atomic mass is 10.0. The van der Waals surface area contributed by atoms with Crippen LogP contribution in [0.3, 0.4) is 0 Å². The number of amides is 1. The summed E-state index contributed by atoms with van der Waals surface area (Å²) in [7, 11) is 0. The van der Waals surface area contributed by atoms with E-state index in [0.29, 0.717) is 22.1 Å². The highest BCUT2D eigenvalue weighted by molar-refractivity contribution is 6.30. The fourth-order valence-electron chi connectivity index (χ4n) is 2.96. The summed E-state index contributed by atoms with van der Waals surface area (Å²) >= 11 is 6.05. The van der Waals surface area contributed by atoms with Gasteiger partial charge in [-0.05, 0) is 51.0 Å². The van der Waals surface area contributed by atoms with E-state index in [9.17, 15) is 4.79 Å². The number of aryl methyl sites for hydroxylation is 4. The number of nitrogens with one attached hydrogen (secondary N) is 1. The first-order chi connectivity index (χ1) is 10.9. The van der Waals surface area contributed by atoms with E-state index in [-0.39, 0.29) is 5.91 Å². The fraction of sp³-hybridized carbons (Fsp3) is 0.222. The molecule has 0 atom stereocenters. The van der Waals surface area contributed by atoms with Crippen LogP contribution in [0.2, 0.25) is 5.02 Å². The van der Waals surface area contributed by atoms with Crippen molar-refractivity contribution in [3.8, 4) is 0 Å². The van der Waals surface area contributed by atoms with Crippen LogP contribution >= 0.6 is 11.6 Å². The standard InChI is InChI=1S/C18H18ClN3O/c1-10-7-11(2)16(12(3)8-10)21-18(23)17-13(4)20-15-6-5-14(19)9-22(15)17/h5-9H,1-4H3,(H,21,23). The summed E-state index contributed by atoms with van der Waals surface area (Å²) in [6, 6.07) is 7.68. The van der Waals surface area contributed by atoms with Crippen LogP contribution in [0.25, 0.3) is 5.65 Å². The highest BCUT2D eigenvalue weighted by atomic mass is 35.5. The lowest BCUT2D eigenvalue weighted by Gasteiger charge is -2.13. The Labute approximate surface area is 140 Å². The van der Waals surface area contributed by atoms with E-state index < -0.39 is 0 Å². The van der Waals surface area contributed by atoms with Crippen LogP contribution in [-0.2, 0) is 0 Å². The Hall–Kier alpha value is -2.33. The third kappa shape index (κ3) is 2.82. The topological polar surface area (TPSA) is 46.4 Å². The van der Waals surface area contributed by atoms with E-state index in [1.54, 1.807) is 22.7 Å². The zero-order valence-electron chi connectivity index (χ0n) is 13.6. The van der Waals surface area contributed by atoms with Gasteiger partial charge in [0, 0.05) is 11.9 Å². The van der Waals surface area contributed by atoms with Gasteiger partial charge in [-0.25, -0.2) is 4.98 Å². The maximum atomic E-state index is 12.8. The van der Waals surface area contributed by atoms with Gasteiger partial charge < -0.3 is 5.32 Å². The van der Waals surface area contributed by atoms with E-state index >= 15 is 0 Å². The lowest BCUT2D eigenvalue weighted by Crippen LogP contribution is -2.17. The molecule has 23 heavy (non-hydrogen) atoms. The molecular weight excluding hydrogens is 310 g/mol. The fourth-order valence-corrected chi connectivity index (χ4v) is 3.12. The smallest absolute Gasteiger partial charge is 0.274 e. The lowest BCUT2D eigenvalue weighted by molar-refractivity contribution is 0.102. The minimum absolute atomic E-state index is 0.188. The summed E-state index contributed by atoms with van der Waals surface area (Å²) in [4.78, 5) is 17.2. The summed E-state index contributed by atoms with van der Waals surface area (Å²) in [6.45, 7) is 7.86. The molecule has 4 nitrogen and oxygen atoms in total. The summed E-state index contributed by atoms with van der Waals surface area (Å²) < 4.78 is 1.73. The number of imidazole rings is 1. The molecule has 1 N–H and O–H groups in total. The van der Waals surface area contributed by atoms with Crippen LogP contribution in [0.1, 0.15) is 32.9 Å². The van der Waals surface area contributed by atoms with Crippen molar-refractivity contribution in [2.24, 2.45) is 0 Å². The SMILES string of the molecule is Cc1cc(C)c(NC(=O)c2c(C)nc3ccc(Cl)cn23)c(C)c1. The Kier molecular flexibility index (Phi) is 3.86. The number of carbonyl (C=O) groups is 1. The monoisotopic (exact) mass is 327 g/mol. The number of aromatic nitrogens is 2. The van der Waals surface area contributed by atoms with Crippen molar-refractivity contribution in [1.82, 2.24) is 9.38 Å². The van der Waals surface area contributed by atoms with Crippen molar-refractivity contribution >= 4 is 28.8 Å². The van der Waals surface area contributed by atoms with Crippen molar-refractivity contribution in [2.45, 2.75) is 27.7 Å². The quantitative estimate of drug-likeness (QED) is 0.754. The summed E-state index contributed by atoms with van der Waals surface area (Å²) in [6.07, 6.45) is 1.71. The molecule has 0 saturated carbocycles. The molecule has 0 spiro atoms. The molecule has 0 aliphatic rings. The zero-order valence-corrected chi connectivity index (χ0v) is 14.3. The van der Waals surface area contributed by atoms with Crippen molar-refractivity contribution in [3.63, 3.8) is 0 Å². The molecule has 2 heterocycles. The Bertz CT molecular complexity index is 904. The van der Waals surface area contributed by atoms with Crippen molar-refractivity contribution in [3.05, 3.63) is 63.6 Å². The molecule has 3 rings (SSSR count). The summed E-state index contributed by atoms with van der Waals surface area (Å²) in [5.41, 5.74) is 5.98. The normalized spacial score (nSPS) is 11.0. The summed E-state index contributed by atoms with van der Waals surface area (Å²) in [5.74, 6) is -0.188. The largest absolute Gasteiger partial charge is 0.320 e. The molecule has 2 aromatic heterocycles. The molecule has 0 saturated heterocycles. The highest BCUT2D eigenvalue weighted by Crippen LogP contribution is 2.24. The first kappa shape index (κ1) is 15.6. The molecule has 0 bridgehead atoms. The van der Waals surface area contributed by atoms with Gasteiger partial charge in [0.15, 0.2) is 0 Å². The average Bonchev–Trinajstić information content (AvgIpc) is 2.77. The number of halogens is 1. The van der Waals surface area contributed by atoms with E-state index in [0.717, 1.165) is 16.8 Å². The third-order valence-electron chi connectivity index (χ3n) is 3.89. The van der Waals surface area contributed by atoms with Gasteiger partial charge in [0.05, 0.1) is 10.7 Å². The van der Waals surface area contributed by atoms with Gasteiger partial charge in [-0.2, -0.15) is 0 Å². The highest BCUT2D eigenvalue weighted by Gasteiger charge is 2.18. The van der Waals surface area contributed by atoms with Crippen LogP contribution in [0.4, 0.5) is 5.69 Å². The van der Waals surface area contributed by atoms with E-state index in [4.69, 9.17) is 11.6 Å². The number of hydrogen-bond acceptors (Lipinski definition) is 2. The third-order valence-corrected chi connectivity index (χ3v) is 4.11. The maximum absolute atomic E-state index is 12.8. The van der Waals surface area contributed by atoms with Gasteiger partial charge >= 0.3 is 0 Å². The number of rotatable bonds is 2. The predicted molar refractivity (Wildman–Crippen MR) is 93.5 cm³/mol. The van der Waals surface area contributed by atoms with E-state index in [1.807, 2.05) is 27.7 Å². The molecule has 0 aliphatic carbocycles. The molecule has 1 aromatic carbocycles. The number of fused-ring (bicyclic) bond motifs is 1. The minimum Gasteiger partial charge on any atom is -0.320 e. The van der Waals surface area contributed by atoms with E-state index in [1.165, 1.54) is 5.56 Å². The first-order valence-electron chi connectivity index (χ1n) is 7.40. The second-order valence-corrected chi connectivity index (χ2v) is 6.29. The molecule has 0 fully saturated rings. The number of hydrogen-bond donors (Lipinski definition) is 1. The number of pyridine rings is 1.